The second kappa shape index (κ2) is 11.4. The van der Waals surface area contributed by atoms with Crippen LogP contribution in [-0.2, 0) is 23.7 Å². The van der Waals surface area contributed by atoms with Gasteiger partial charge in [-0.3, -0.25) is 4.79 Å². The quantitative estimate of drug-likeness (QED) is 0.433. The van der Waals surface area contributed by atoms with Crippen molar-refractivity contribution >= 4 is 17.5 Å². The number of benzene rings is 2. The van der Waals surface area contributed by atoms with Gasteiger partial charge in [-0.1, -0.05) is 30.3 Å². The Labute approximate surface area is 215 Å². The molecule has 0 radical (unpaired) electrons. The average molecular weight is 511 g/mol. The molecule has 1 unspecified atom stereocenters. The largest absolute Gasteiger partial charge is 0.458 e. The van der Waals surface area contributed by atoms with Gasteiger partial charge >= 0.3 is 11.9 Å². The lowest BCUT2D eigenvalue weighted by atomic mass is 9.80. The molecule has 0 saturated carbocycles. The molecule has 1 fully saturated rings. The second-order valence-electron chi connectivity index (χ2n) is 9.30. The first-order valence-electron chi connectivity index (χ1n) is 12.2. The summed E-state index contributed by atoms with van der Waals surface area (Å²) in [4.78, 5) is 24.7. The fourth-order valence-corrected chi connectivity index (χ4v) is 4.86. The minimum atomic E-state index is -1.30. The highest BCUT2D eigenvalue weighted by molar-refractivity contribution is 5.89. The van der Waals surface area contributed by atoms with Gasteiger partial charge in [-0.15, -0.1) is 0 Å². The molecule has 2 aromatic rings. The first-order valence-corrected chi connectivity index (χ1v) is 12.2. The molecule has 196 valence electrons. The van der Waals surface area contributed by atoms with E-state index < -0.39 is 36.0 Å². The molecule has 1 heterocycles. The van der Waals surface area contributed by atoms with Crippen molar-refractivity contribution in [2.45, 2.75) is 56.7 Å². The zero-order valence-corrected chi connectivity index (χ0v) is 21.1. The Bertz CT molecular complexity index is 1200. The molecular formula is C29H31FO7. The van der Waals surface area contributed by atoms with Crippen LogP contribution in [0.3, 0.4) is 0 Å². The van der Waals surface area contributed by atoms with Crippen molar-refractivity contribution in [1.29, 1.82) is 0 Å². The van der Waals surface area contributed by atoms with Gasteiger partial charge in [-0.2, -0.15) is 0 Å². The summed E-state index contributed by atoms with van der Waals surface area (Å²) in [6.07, 6.45) is 2.19. The zero-order chi connectivity index (χ0) is 26.6. The number of hydrogen-bond acceptors (Lipinski definition) is 7. The number of cyclic esters (lactones) is 1. The third-order valence-corrected chi connectivity index (χ3v) is 6.78. The summed E-state index contributed by atoms with van der Waals surface area (Å²) in [7, 11) is 2.99. The summed E-state index contributed by atoms with van der Waals surface area (Å²) in [6.45, 7) is 1.67. The van der Waals surface area contributed by atoms with Gasteiger partial charge in [0.25, 0.3) is 0 Å². The smallest absolute Gasteiger partial charge is 0.338 e. The van der Waals surface area contributed by atoms with Gasteiger partial charge in [0.2, 0.25) is 0 Å². The molecule has 7 nitrogen and oxygen atoms in total. The van der Waals surface area contributed by atoms with Gasteiger partial charge in [-0.25, -0.2) is 9.18 Å². The molecule has 0 amide bonds. The predicted octanol–water partition coefficient (Wildman–Crippen LogP) is 4.52. The Hall–Kier alpha value is -3.33. The van der Waals surface area contributed by atoms with Crippen LogP contribution in [0.25, 0.3) is 5.57 Å². The standard InChI is InChI=1S/C29H31FO7/c1-18-13-20(9-12-26(18)30)24-16-23(37-28(33)19-7-5-4-6-8-19)17-29(34-2,35-3)25(24)11-10-22-14-21(31)15-27(32)36-22/h4-13,21-23,31H,14-17H2,1-3H3/t21-,22-,23?/m0/s1. The van der Waals surface area contributed by atoms with Gasteiger partial charge in [-0.05, 0) is 54.0 Å². The lowest BCUT2D eigenvalue weighted by Crippen LogP contribution is -2.44. The van der Waals surface area contributed by atoms with Crippen LogP contribution >= 0.6 is 0 Å². The Kier molecular flexibility index (Phi) is 8.22. The van der Waals surface area contributed by atoms with E-state index in [4.69, 9.17) is 18.9 Å². The van der Waals surface area contributed by atoms with Crippen LogP contribution < -0.4 is 0 Å². The van der Waals surface area contributed by atoms with Crippen molar-refractivity contribution in [3.63, 3.8) is 0 Å². The summed E-state index contributed by atoms with van der Waals surface area (Å²) in [5.41, 5.74) is 2.98. The van der Waals surface area contributed by atoms with E-state index in [2.05, 4.69) is 0 Å². The fourth-order valence-electron chi connectivity index (χ4n) is 4.86. The molecule has 37 heavy (non-hydrogen) atoms. The van der Waals surface area contributed by atoms with E-state index in [1.807, 2.05) is 6.07 Å². The number of methoxy groups -OCH3 is 2. The SMILES string of the molecule is COC1(OC)CC(OC(=O)c2ccccc2)CC(c2ccc(F)c(C)c2)=C1C=C[C@H]1C[C@H](O)CC(=O)O1. The fraction of sp³-hybridized carbons (Fsp3) is 0.379. The van der Waals surface area contributed by atoms with Gasteiger partial charge in [0.15, 0.2) is 5.79 Å². The van der Waals surface area contributed by atoms with E-state index in [1.54, 1.807) is 55.5 Å². The highest BCUT2D eigenvalue weighted by Gasteiger charge is 2.44. The number of carbonyl (C=O) groups is 2. The first-order chi connectivity index (χ1) is 17.7. The van der Waals surface area contributed by atoms with Crippen molar-refractivity contribution in [3.8, 4) is 0 Å². The second-order valence-corrected chi connectivity index (χ2v) is 9.30. The van der Waals surface area contributed by atoms with Crippen LogP contribution in [0.5, 0.6) is 0 Å². The number of ether oxygens (including phenoxy) is 4. The maximum Gasteiger partial charge on any atom is 0.338 e. The Morgan fingerprint density at radius 3 is 2.51 bits per heavy atom. The molecular weight excluding hydrogens is 479 g/mol. The number of aliphatic hydroxyl groups is 1. The minimum absolute atomic E-state index is 0.0400. The number of rotatable bonds is 7. The van der Waals surface area contributed by atoms with Crippen LogP contribution in [0.4, 0.5) is 4.39 Å². The van der Waals surface area contributed by atoms with Gasteiger partial charge in [0.1, 0.15) is 18.0 Å². The molecule has 1 aliphatic carbocycles. The van der Waals surface area contributed by atoms with Crippen molar-refractivity contribution in [1.82, 2.24) is 0 Å². The van der Waals surface area contributed by atoms with Crippen LogP contribution in [0, 0.1) is 12.7 Å². The Morgan fingerprint density at radius 1 is 1.14 bits per heavy atom. The van der Waals surface area contributed by atoms with Crippen LogP contribution in [0.2, 0.25) is 0 Å². The van der Waals surface area contributed by atoms with Crippen LogP contribution in [0.15, 0.2) is 66.3 Å². The topological polar surface area (TPSA) is 91.3 Å². The average Bonchev–Trinajstić information content (AvgIpc) is 2.89. The van der Waals surface area contributed by atoms with Crippen LogP contribution in [-0.4, -0.2) is 55.4 Å². The Balaban J connectivity index is 1.75. The molecule has 0 bridgehead atoms. The molecule has 2 aromatic carbocycles. The highest BCUT2D eigenvalue weighted by atomic mass is 19.1. The third-order valence-electron chi connectivity index (χ3n) is 6.78. The molecule has 1 aliphatic heterocycles. The van der Waals surface area contributed by atoms with E-state index in [9.17, 15) is 19.1 Å². The number of carbonyl (C=O) groups excluding carboxylic acids is 2. The monoisotopic (exact) mass is 510 g/mol. The summed E-state index contributed by atoms with van der Waals surface area (Å²) >= 11 is 0. The van der Waals surface area contributed by atoms with Crippen LogP contribution in [0.1, 0.15) is 47.2 Å². The summed E-state index contributed by atoms with van der Waals surface area (Å²) in [5, 5.41) is 10.0. The predicted molar refractivity (Wildman–Crippen MR) is 134 cm³/mol. The molecule has 4 rings (SSSR count). The number of halogens is 1. The maximum atomic E-state index is 14.1. The van der Waals surface area contributed by atoms with Crippen molar-refractivity contribution in [3.05, 3.63) is 88.8 Å². The number of aliphatic hydroxyl groups excluding tert-OH is 1. The van der Waals surface area contributed by atoms with E-state index in [0.29, 0.717) is 23.1 Å². The maximum absolute atomic E-state index is 14.1. The molecule has 3 atom stereocenters. The van der Waals surface area contributed by atoms with Crippen molar-refractivity contribution < 1.29 is 38.0 Å². The lowest BCUT2D eigenvalue weighted by molar-refractivity contribution is -0.195. The number of esters is 2. The molecule has 0 aromatic heterocycles. The van der Waals surface area contributed by atoms with E-state index in [1.165, 1.54) is 20.3 Å². The van der Waals surface area contributed by atoms with E-state index in [-0.39, 0.29) is 25.1 Å². The molecule has 1 N–H and O–H groups in total. The molecule has 1 saturated heterocycles. The van der Waals surface area contributed by atoms with E-state index >= 15 is 0 Å². The highest BCUT2D eigenvalue weighted by Crippen LogP contribution is 2.43. The summed E-state index contributed by atoms with van der Waals surface area (Å²) in [6, 6.07) is 13.5. The lowest BCUT2D eigenvalue weighted by Gasteiger charge is -2.41. The first kappa shape index (κ1) is 26.7. The van der Waals surface area contributed by atoms with Gasteiger partial charge in [0.05, 0.1) is 18.1 Å². The zero-order valence-electron chi connectivity index (χ0n) is 21.1. The van der Waals surface area contributed by atoms with Gasteiger partial charge < -0.3 is 24.1 Å². The number of aryl methyl sites for hydroxylation is 1. The normalized spacial score (nSPS) is 23.7. The Morgan fingerprint density at radius 2 is 1.86 bits per heavy atom. The van der Waals surface area contributed by atoms with Gasteiger partial charge in [0, 0.05) is 39.1 Å². The third kappa shape index (κ3) is 5.98. The van der Waals surface area contributed by atoms with E-state index in [0.717, 1.165) is 11.1 Å². The summed E-state index contributed by atoms with van der Waals surface area (Å²) in [5.74, 6) is -2.58. The van der Waals surface area contributed by atoms with Crippen molar-refractivity contribution in [2.75, 3.05) is 14.2 Å². The molecule has 2 aliphatic rings. The molecule has 8 heteroatoms. The molecule has 0 spiro atoms. The minimum Gasteiger partial charge on any atom is -0.458 e. The number of hydrogen-bond donors (Lipinski definition) is 1. The summed E-state index contributed by atoms with van der Waals surface area (Å²) < 4.78 is 37.2. The van der Waals surface area contributed by atoms with Crippen molar-refractivity contribution in [2.24, 2.45) is 0 Å².